The number of rotatable bonds is 6. The molecule has 13 heteroatoms. The van der Waals surface area contributed by atoms with Crippen molar-refractivity contribution in [1.29, 1.82) is 0 Å². The second kappa shape index (κ2) is 9.59. The number of nitrogens with zero attached hydrogens (tertiary/aromatic N) is 4. The van der Waals surface area contributed by atoms with Crippen molar-refractivity contribution in [2.24, 2.45) is 0 Å². The number of hydrogen-bond donors (Lipinski definition) is 2. The van der Waals surface area contributed by atoms with Gasteiger partial charge in [-0.15, -0.1) is 0 Å². The maximum Gasteiger partial charge on any atom is 0.263 e. The van der Waals surface area contributed by atoms with Crippen molar-refractivity contribution >= 4 is 55.5 Å². The Morgan fingerprint density at radius 1 is 1.21 bits per heavy atom. The maximum absolute atomic E-state index is 13.0. The summed E-state index contributed by atoms with van der Waals surface area (Å²) in [6.07, 6.45) is 2.84. The van der Waals surface area contributed by atoms with E-state index in [-0.39, 0.29) is 21.6 Å². The summed E-state index contributed by atoms with van der Waals surface area (Å²) in [6.45, 7) is 5.80. The lowest BCUT2D eigenvalue weighted by Crippen LogP contribution is -2.36. The largest absolute Gasteiger partial charge is 0.378 e. The molecule has 1 fully saturated rings. The highest BCUT2D eigenvalue weighted by Gasteiger charge is 2.20. The van der Waals surface area contributed by atoms with Crippen LogP contribution >= 0.6 is 22.9 Å². The number of aryl methyl sites for hydroxylation is 1. The number of carbonyl (C=O) groups excluding carboxylic acids is 1. The number of sulfonamides is 1. The van der Waals surface area contributed by atoms with E-state index in [2.05, 4.69) is 25.0 Å². The van der Waals surface area contributed by atoms with Gasteiger partial charge in [0.15, 0.2) is 10.3 Å². The number of amides is 1. The predicted octanol–water partition coefficient (Wildman–Crippen LogP) is 3.16. The number of hydrogen-bond acceptors (Lipinski definition) is 9. The summed E-state index contributed by atoms with van der Waals surface area (Å²) in [4.78, 5) is 26.8. The Labute approximate surface area is 200 Å². The van der Waals surface area contributed by atoms with Gasteiger partial charge in [-0.25, -0.2) is 23.4 Å². The van der Waals surface area contributed by atoms with Crippen molar-refractivity contribution in [3.63, 3.8) is 0 Å². The van der Waals surface area contributed by atoms with Gasteiger partial charge in [-0.05, 0) is 25.1 Å². The van der Waals surface area contributed by atoms with E-state index in [0.717, 1.165) is 4.88 Å². The smallest absolute Gasteiger partial charge is 0.263 e. The molecule has 10 nitrogen and oxygen atoms in total. The third-order valence-electron chi connectivity index (χ3n) is 4.79. The van der Waals surface area contributed by atoms with E-state index >= 15 is 0 Å². The van der Waals surface area contributed by atoms with Gasteiger partial charge in [0.25, 0.3) is 10.0 Å². The highest BCUT2D eigenvalue weighted by molar-refractivity contribution is 7.92. The van der Waals surface area contributed by atoms with E-state index in [1.807, 2.05) is 4.90 Å². The quantitative estimate of drug-likeness (QED) is 0.486. The molecule has 2 N–H and O–H groups in total. The molecule has 0 aromatic carbocycles. The summed E-state index contributed by atoms with van der Waals surface area (Å²) < 4.78 is 33.7. The summed E-state index contributed by atoms with van der Waals surface area (Å²) in [7, 11) is -3.95. The Balaban J connectivity index is 1.57. The van der Waals surface area contributed by atoms with Crippen LogP contribution in [0.4, 0.5) is 16.6 Å². The fourth-order valence-electron chi connectivity index (χ4n) is 3.23. The first-order valence-electron chi connectivity index (χ1n) is 9.95. The summed E-state index contributed by atoms with van der Waals surface area (Å²) in [5.41, 5.74) is 1.41. The Morgan fingerprint density at radius 2 is 1.97 bits per heavy atom. The summed E-state index contributed by atoms with van der Waals surface area (Å²) in [5, 5.41) is 3.09. The molecule has 0 spiro atoms. The van der Waals surface area contributed by atoms with Crippen LogP contribution in [0.1, 0.15) is 12.6 Å². The molecular weight excluding hydrogens is 488 g/mol. The number of nitrogens with one attached hydrogen (secondary N) is 2. The van der Waals surface area contributed by atoms with Gasteiger partial charge in [-0.2, -0.15) is 0 Å². The third kappa shape index (κ3) is 5.41. The van der Waals surface area contributed by atoms with Gasteiger partial charge in [-0.1, -0.05) is 22.9 Å². The summed E-state index contributed by atoms with van der Waals surface area (Å²) >= 11 is 7.43. The molecule has 4 heterocycles. The topological polar surface area (TPSA) is 126 Å². The standard InChI is InChI=1S/C20H21ClN6O4S2/c1-12-18(32-20(24-12)25-13(2)28)14-9-16(19(21)23-10-14)26-33(29,30)15-3-4-17(22-11-15)27-5-7-31-8-6-27/h3-4,9-11,26H,5-8H2,1-2H3,(H,24,25,28). The number of aromatic nitrogens is 3. The average Bonchev–Trinajstić information content (AvgIpc) is 3.15. The number of ether oxygens (including phenoxy) is 1. The molecule has 0 saturated carbocycles. The zero-order valence-electron chi connectivity index (χ0n) is 17.8. The zero-order valence-corrected chi connectivity index (χ0v) is 20.2. The second-order valence-electron chi connectivity index (χ2n) is 7.23. The van der Waals surface area contributed by atoms with E-state index in [1.54, 1.807) is 19.1 Å². The van der Waals surface area contributed by atoms with Gasteiger partial charge in [-0.3, -0.25) is 9.52 Å². The van der Waals surface area contributed by atoms with Crippen LogP contribution < -0.4 is 14.9 Å². The van der Waals surface area contributed by atoms with Gasteiger partial charge < -0.3 is 15.0 Å². The summed E-state index contributed by atoms with van der Waals surface area (Å²) in [5.74, 6) is 0.459. The van der Waals surface area contributed by atoms with E-state index < -0.39 is 10.0 Å². The van der Waals surface area contributed by atoms with Gasteiger partial charge in [0, 0.05) is 38.0 Å². The SMILES string of the molecule is CC(=O)Nc1nc(C)c(-c2cnc(Cl)c(NS(=O)(=O)c3ccc(N4CCOCC4)nc3)c2)s1. The van der Waals surface area contributed by atoms with Crippen LogP contribution in [0.3, 0.4) is 0 Å². The zero-order chi connectivity index (χ0) is 23.6. The number of halogens is 1. The molecule has 3 aromatic heterocycles. The molecule has 174 valence electrons. The molecule has 0 radical (unpaired) electrons. The highest BCUT2D eigenvalue weighted by atomic mass is 35.5. The molecule has 4 rings (SSSR count). The van der Waals surface area contributed by atoms with Gasteiger partial charge >= 0.3 is 0 Å². The van der Waals surface area contributed by atoms with Crippen LogP contribution in [0, 0.1) is 6.92 Å². The predicted molar refractivity (Wildman–Crippen MR) is 127 cm³/mol. The minimum atomic E-state index is -3.95. The fraction of sp³-hybridized carbons (Fsp3) is 0.300. The molecule has 1 amide bonds. The van der Waals surface area contributed by atoms with E-state index in [0.29, 0.717) is 48.5 Å². The summed E-state index contributed by atoms with van der Waals surface area (Å²) in [6, 6.07) is 4.75. The number of pyridine rings is 2. The van der Waals surface area contributed by atoms with Crippen molar-refractivity contribution in [1.82, 2.24) is 15.0 Å². The lowest BCUT2D eigenvalue weighted by atomic mass is 10.2. The van der Waals surface area contributed by atoms with Crippen LogP contribution in [0.15, 0.2) is 35.5 Å². The molecule has 33 heavy (non-hydrogen) atoms. The highest BCUT2D eigenvalue weighted by Crippen LogP contribution is 2.35. The van der Waals surface area contributed by atoms with Crippen molar-refractivity contribution in [2.45, 2.75) is 18.7 Å². The third-order valence-corrected chi connectivity index (χ3v) is 7.57. The van der Waals surface area contributed by atoms with Gasteiger partial charge in [0.2, 0.25) is 5.91 Å². The van der Waals surface area contributed by atoms with Gasteiger partial charge in [0.05, 0.1) is 29.5 Å². The Kier molecular flexibility index (Phi) is 6.79. The second-order valence-corrected chi connectivity index (χ2v) is 10.3. The van der Waals surface area contributed by atoms with Crippen LogP contribution in [0.25, 0.3) is 10.4 Å². The average molecular weight is 509 g/mol. The van der Waals surface area contributed by atoms with Crippen LogP contribution in [0.5, 0.6) is 0 Å². The molecular formula is C20H21ClN6O4S2. The lowest BCUT2D eigenvalue weighted by Gasteiger charge is -2.27. The molecule has 1 aliphatic rings. The number of thiazole rings is 1. The molecule has 0 aliphatic carbocycles. The van der Waals surface area contributed by atoms with Crippen LogP contribution in [0.2, 0.25) is 5.15 Å². The molecule has 0 atom stereocenters. The molecule has 1 aliphatic heterocycles. The van der Waals surface area contributed by atoms with Crippen molar-refractivity contribution in [2.75, 3.05) is 41.2 Å². The normalized spacial score (nSPS) is 14.2. The minimum Gasteiger partial charge on any atom is -0.378 e. The monoisotopic (exact) mass is 508 g/mol. The fourth-order valence-corrected chi connectivity index (χ4v) is 5.43. The Bertz CT molecular complexity index is 1270. The Morgan fingerprint density at radius 3 is 2.64 bits per heavy atom. The van der Waals surface area contributed by atoms with Crippen LogP contribution in [-0.2, 0) is 19.6 Å². The molecule has 1 saturated heterocycles. The first-order chi connectivity index (χ1) is 15.7. The van der Waals surface area contributed by atoms with E-state index in [4.69, 9.17) is 16.3 Å². The number of morpholine rings is 1. The first-order valence-corrected chi connectivity index (χ1v) is 12.6. The van der Waals surface area contributed by atoms with Crippen molar-refractivity contribution in [3.8, 4) is 10.4 Å². The van der Waals surface area contributed by atoms with Gasteiger partial charge in [0.1, 0.15) is 10.7 Å². The molecule has 0 unspecified atom stereocenters. The minimum absolute atomic E-state index is 0.00268. The lowest BCUT2D eigenvalue weighted by molar-refractivity contribution is -0.114. The molecule has 3 aromatic rings. The van der Waals surface area contributed by atoms with Crippen LogP contribution in [-0.4, -0.2) is 55.6 Å². The molecule has 0 bridgehead atoms. The first kappa shape index (κ1) is 23.4. The maximum atomic E-state index is 13.0. The number of carbonyl (C=O) groups is 1. The van der Waals surface area contributed by atoms with E-state index in [9.17, 15) is 13.2 Å². The van der Waals surface area contributed by atoms with E-state index in [1.165, 1.54) is 36.7 Å². The Hall–Kier alpha value is -2.80. The number of anilines is 3. The van der Waals surface area contributed by atoms with Crippen molar-refractivity contribution in [3.05, 3.63) is 41.4 Å². The van der Waals surface area contributed by atoms with Crippen molar-refractivity contribution < 1.29 is 17.9 Å².